The zero-order chi connectivity index (χ0) is 24.0. The van der Waals surface area contributed by atoms with Gasteiger partial charge in [0.25, 0.3) is 0 Å². The van der Waals surface area contributed by atoms with Gasteiger partial charge in [0.05, 0.1) is 0 Å². The number of rotatable bonds is 2. The molecule has 0 aliphatic rings. The minimum atomic E-state index is 0.916. The van der Waals surface area contributed by atoms with Crippen molar-refractivity contribution in [2.45, 2.75) is 13.8 Å². The van der Waals surface area contributed by atoms with Gasteiger partial charge >= 0.3 is 0 Å². The molecule has 8 rings (SSSR count). The van der Waals surface area contributed by atoms with Gasteiger partial charge in [-0.25, -0.2) is 0 Å². The van der Waals surface area contributed by atoms with E-state index in [1.807, 2.05) is 0 Å². The van der Waals surface area contributed by atoms with Gasteiger partial charge in [-0.05, 0) is 108 Å². The molecule has 0 saturated carbocycles. The Labute approximate surface area is 215 Å². The van der Waals surface area contributed by atoms with Crippen LogP contribution >= 0.6 is 22.7 Å². The van der Waals surface area contributed by atoms with Crippen LogP contribution in [0.5, 0.6) is 0 Å². The lowest BCUT2D eigenvalue weighted by atomic mass is 10.0. The Bertz CT molecular complexity index is 1980. The molecule has 8 aromatic rings. The number of aryl methyl sites for hydroxylation is 2. The number of thiophene rings is 2. The SMILES string of the molecule is Cc1csc(-c2ccc3c(c2)oc2c3ccc3c2ccc2c4ccc(-c5cc(C)cs5)cc4oc23)c1. The number of hydrogen-bond acceptors (Lipinski definition) is 4. The molecule has 36 heavy (non-hydrogen) atoms. The third kappa shape index (κ3) is 2.89. The molecule has 4 aromatic heterocycles. The summed E-state index contributed by atoms with van der Waals surface area (Å²) in [6.45, 7) is 4.27. The van der Waals surface area contributed by atoms with E-state index >= 15 is 0 Å². The second kappa shape index (κ2) is 7.33. The van der Waals surface area contributed by atoms with E-state index < -0.39 is 0 Å². The highest BCUT2D eigenvalue weighted by Crippen LogP contribution is 2.41. The molecular weight excluding hydrogens is 480 g/mol. The van der Waals surface area contributed by atoms with Gasteiger partial charge in [0.1, 0.15) is 22.3 Å². The molecule has 4 aromatic carbocycles. The Kier molecular flexibility index (Phi) is 4.14. The predicted octanol–water partition coefficient (Wildman–Crippen LogP) is 10.7. The van der Waals surface area contributed by atoms with Gasteiger partial charge in [-0.3, -0.25) is 0 Å². The first kappa shape index (κ1) is 20.3. The smallest absolute Gasteiger partial charge is 0.143 e. The van der Waals surface area contributed by atoms with E-state index in [1.54, 1.807) is 22.7 Å². The van der Waals surface area contributed by atoms with E-state index in [-0.39, 0.29) is 0 Å². The zero-order valence-corrected chi connectivity index (χ0v) is 21.3. The molecule has 4 heteroatoms. The normalized spacial score (nSPS) is 12.2. The third-order valence-electron chi connectivity index (χ3n) is 7.10. The molecule has 2 nitrogen and oxygen atoms in total. The van der Waals surface area contributed by atoms with Crippen LogP contribution in [0.25, 0.3) is 75.5 Å². The molecule has 4 heterocycles. The fraction of sp³-hybridized carbons (Fsp3) is 0.0625. The minimum Gasteiger partial charge on any atom is -0.455 e. The van der Waals surface area contributed by atoms with Crippen LogP contribution in [0.1, 0.15) is 11.1 Å². The summed E-state index contributed by atoms with van der Waals surface area (Å²) < 4.78 is 13.0. The molecule has 0 radical (unpaired) electrons. The Balaban J connectivity index is 1.34. The van der Waals surface area contributed by atoms with E-state index in [1.165, 1.54) is 32.0 Å². The Morgan fingerprint density at radius 1 is 0.472 bits per heavy atom. The van der Waals surface area contributed by atoms with Gasteiger partial charge in [0, 0.05) is 42.1 Å². The number of hydrogen-bond donors (Lipinski definition) is 0. The van der Waals surface area contributed by atoms with Gasteiger partial charge in [-0.15, -0.1) is 22.7 Å². The van der Waals surface area contributed by atoms with Crippen LogP contribution in [0, 0.1) is 13.8 Å². The molecule has 0 spiro atoms. The van der Waals surface area contributed by atoms with Gasteiger partial charge in [-0.1, -0.05) is 12.1 Å². The molecule has 0 N–H and O–H groups in total. The lowest BCUT2D eigenvalue weighted by molar-refractivity contribution is 0.669. The van der Waals surface area contributed by atoms with Crippen LogP contribution in [0.4, 0.5) is 0 Å². The Morgan fingerprint density at radius 2 is 0.861 bits per heavy atom. The lowest BCUT2D eigenvalue weighted by Gasteiger charge is -2.00. The van der Waals surface area contributed by atoms with Crippen molar-refractivity contribution in [2.75, 3.05) is 0 Å². The molecule has 0 aliphatic heterocycles. The van der Waals surface area contributed by atoms with E-state index in [2.05, 4.69) is 97.4 Å². The van der Waals surface area contributed by atoms with Crippen molar-refractivity contribution in [1.82, 2.24) is 0 Å². The summed E-state index contributed by atoms with van der Waals surface area (Å²) in [5.41, 5.74) is 8.64. The van der Waals surface area contributed by atoms with Gasteiger partial charge in [0.15, 0.2) is 0 Å². The van der Waals surface area contributed by atoms with Crippen LogP contribution in [-0.2, 0) is 0 Å². The quantitative estimate of drug-likeness (QED) is 0.236. The molecular formula is C32H20O2S2. The summed E-state index contributed by atoms with van der Waals surface area (Å²) in [4.78, 5) is 2.53. The van der Waals surface area contributed by atoms with Crippen LogP contribution in [-0.4, -0.2) is 0 Å². The van der Waals surface area contributed by atoms with Gasteiger partial charge in [0.2, 0.25) is 0 Å². The fourth-order valence-corrected chi connectivity index (χ4v) is 7.14. The summed E-state index contributed by atoms with van der Waals surface area (Å²) in [6, 6.07) is 26.3. The van der Waals surface area contributed by atoms with Crippen LogP contribution in [0.15, 0.2) is 92.4 Å². The average Bonchev–Trinajstić information content (AvgIpc) is 3.67. The van der Waals surface area contributed by atoms with Crippen molar-refractivity contribution in [3.8, 4) is 20.9 Å². The first-order chi connectivity index (χ1) is 17.6. The van der Waals surface area contributed by atoms with Gasteiger partial charge < -0.3 is 8.83 Å². The number of fused-ring (bicyclic) bond motifs is 9. The highest BCUT2D eigenvalue weighted by atomic mass is 32.1. The van der Waals surface area contributed by atoms with Crippen LogP contribution < -0.4 is 0 Å². The second-order valence-corrected chi connectivity index (χ2v) is 11.4. The van der Waals surface area contributed by atoms with Crippen molar-refractivity contribution in [3.05, 3.63) is 94.7 Å². The molecule has 0 amide bonds. The molecule has 0 unspecified atom stereocenters. The lowest BCUT2D eigenvalue weighted by Crippen LogP contribution is -1.76. The maximum atomic E-state index is 6.50. The molecule has 0 saturated heterocycles. The van der Waals surface area contributed by atoms with Crippen molar-refractivity contribution in [1.29, 1.82) is 0 Å². The first-order valence-corrected chi connectivity index (χ1v) is 13.7. The van der Waals surface area contributed by atoms with Crippen molar-refractivity contribution >= 4 is 77.3 Å². The summed E-state index contributed by atoms with van der Waals surface area (Å²) in [5, 5.41) is 11.1. The number of benzene rings is 4. The third-order valence-corrected chi connectivity index (χ3v) is 9.29. The predicted molar refractivity (Wildman–Crippen MR) is 155 cm³/mol. The van der Waals surface area contributed by atoms with E-state index in [0.29, 0.717) is 0 Å². The topological polar surface area (TPSA) is 26.3 Å². The van der Waals surface area contributed by atoms with Crippen molar-refractivity contribution in [3.63, 3.8) is 0 Å². The highest BCUT2D eigenvalue weighted by Gasteiger charge is 2.16. The first-order valence-electron chi connectivity index (χ1n) is 12.0. The molecule has 0 fully saturated rings. The zero-order valence-electron chi connectivity index (χ0n) is 19.7. The van der Waals surface area contributed by atoms with Crippen LogP contribution in [0.2, 0.25) is 0 Å². The standard InChI is InChI=1S/C32H20O2S2/c1-17-11-29(35-15-17)19-3-5-21-23-7-9-26-25(31(23)33-27(21)13-19)10-8-24-22-6-4-20(14-28(22)34-32(24)26)30-12-18(2)16-36-30/h3-16H,1-2H3. The maximum absolute atomic E-state index is 6.50. The largest absolute Gasteiger partial charge is 0.455 e. The summed E-state index contributed by atoms with van der Waals surface area (Å²) in [5.74, 6) is 0. The highest BCUT2D eigenvalue weighted by molar-refractivity contribution is 7.14. The molecule has 0 bridgehead atoms. The van der Waals surface area contributed by atoms with E-state index in [4.69, 9.17) is 8.83 Å². The monoisotopic (exact) mass is 500 g/mol. The van der Waals surface area contributed by atoms with Crippen molar-refractivity contribution in [2.24, 2.45) is 0 Å². The van der Waals surface area contributed by atoms with Crippen molar-refractivity contribution < 1.29 is 8.83 Å². The summed E-state index contributed by atoms with van der Waals surface area (Å²) >= 11 is 3.54. The van der Waals surface area contributed by atoms with E-state index in [0.717, 1.165) is 54.6 Å². The van der Waals surface area contributed by atoms with Crippen LogP contribution in [0.3, 0.4) is 0 Å². The second-order valence-electron chi connectivity index (χ2n) is 9.58. The molecule has 0 atom stereocenters. The average molecular weight is 501 g/mol. The number of furan rings is 2. The summed E-state index contributed by atoms with van der Waals surface area (Å²) in [6.07, 6.45) is 0. The minimum absolute atomic E-state index is 0.916. The molecule has 0 aliphatic carbocycles. The maximum Gasteiger partial charge on any atom is 0.143 e. The summed E-state index contributed by atoms with van der Waals surface area (Å²) in [7, 11) is 0. The Hall–Kier alpha value is -3.86. The Morgan fingerprint density at radius 3 is 1.25 bits per heavy atom. The molecule has 172 valence electrons. The fourth-order valence-electron chi connectivity index (χ4n) is 5.34. The van der Waals surface area contributed by atoms with E-state index in [9.17, 15) is 0 Å². The van der Waals surface area contributed by atoms with Gasteiger partial charge in [-0.2, -0.15) is 0 Å².